The Hall–Kier alpha value is -1.84. The third-order valence-corrected chi connectivity index (χ3v) is 2.98. The molecule has 0 fully saturated rings. The van der Waals surface area contributed by atoms with Gasteiger partial charge in [0.25, 0.3) is 0 Å². The zero-order valence-electron chi connectivity index (χ0n) is 10.1. The number of aliphatic carboxylic acids is 1. The number of nitrogens with zero attached hydrogens (tertiary/aromatic N) is 1. The molecule has 0 saturated carbocycles. The summed E-state index contributed by atoms with van der Waals surface area (Å²) in [6.07, 6.45) is 1.64. The van der Waals surface area contributed by atoms with Crippen molar-refractivity contribution < 1.29 is 14.7 Å². The first-order chi connectivity index (χ1) is 8.09. The van der Waals surface area contributed by atoms with Gasteiger partial charge in [0.1, 0.15) is 0 Å². The van der Waals surface area contributed by atoms with E-state index in [0.717, 1.165) is 0 Å². The number of carbonyl (C=O) groups is 2. The monoisotopic (exact) mass is 235 g/mol. The predicted octanol–water partition coefficient (Wildman–Crippen LogP) is 1.85. The Morgan fingerprint density at radius 3 is 2.41 bits per heavy atom. The van der Waals surface area contributed by atoms with E-state index in [9.17, 15) is 14.7 Å². The van der Waals surface area contributed by atoms with Gasteiger partial charge in [-0.1, -0.05) is 43.7 Å². The van der Waals surface area contributed by atoms with Crippen molar-refractivity contribution in [3.05, 3.63) is 35.9 Å². The van der Waals surface area contributed by atoms with Gasteiger partial charge in [-0.05, 0) is 12.0 Å². The smallest absolute Gasteiger partial charge is 0.334 e. The summed E-state index contributed by atoms with van der Waals surface area (Å²) in [5.41, 5.74) is -0.637. The molecule has 17 heavy (non-hydrogen) atoms. The minimum Gasteiger partial charge on any atom is -0.479 e. The van der Waals surface area contributed by atoms with Gasteiger partial charge in [-0.15, -0.1) is 0 Å². The molecule has 1 aromatic carbocycles. The van der Waals surface area contributed by atoms with Crippen LogP contribution in [0.2, 0.25) is 0 Å². The Morgan fingerprint density at radius 2 is 2.00 bits per heavy atom. The van der Waals surface area contributed by atoms with Crippen LogP contribution < -0.4 is 0 Å². The van der Waals surface area contributed by atoms with Crippen LogP contribution >= 0.6 is 0 Å². The van der Waals surface area contributed by atoms with Crippen LogP contribution in [0.25, 0.3) is 0 Å². The molecule has 1 aromatic rings. The predicted molar refractivity (Wildman–Crippen MR) is 64.5 cm³/mol. The molecule has 1 atom stereocenters. The fourth-order valence-corrected chi connectivity index (χ4v) is 2.07. The van der Waals surface area contributed by atoms with E-state index in [2.05, 4.69) is 0 Å². The maximum atomic E-state index is 11.6. The number of benzene rings is 1. The maximum absolute atomic E-state index is 11.6. The lowest BCUT2D eigenvalue weighted by Crippen LogP contribution is -2.49. The van der Waals surface area contributed by atoms with E-state index in [-0.39, 0.29) is 0 Å². The lowest BCUT2D eigenvalue weighted by molar-refractivity contribution is -0.155. The van der Waals surface area contributed by atoms with Gasteiger partial charge in [0.2, 0.25) is 6.41 Å². The standard InChI is InChI=1S/C13H17NO3/c1-3-9-13(12(16)17,14(2)10-15)11-7-5-4-6-8-11/h4-8,10H,3,9H2,1-2H3,(H,16,17). The fourth-order valence-electron chi connectivity index (χ4n) is 2.07. The quantitative estimate of drug-likeness (QED) is 0.765. The molecule has 0 bridgehead atoms. The number of amides is 1. The Balaban J connectivity index is 3.34. The van der Waals surface area contributed by atoms with Gasteiger partial charge < -0.3 is 10.0 Å². The summed E-state index contributed by atoms with van der Waals surface area (Å²) in [4.78, 5) is 23.8. The number of likely N-dealkylation sites (N-methyl/N-ethyl adjacent to an activating group) is 1. The number of carboxylic acids is 1. The molecule has 92 valence electrons. The van der Waals surface area contributed by atoms with Crippen LogP contribution in [0.5, 0.6) is 0 Å². The Morgan fingerprint density at radius 1 is 1.41 bits per heavy atom. The maximum Gasteiger partial charge on any atom is 0.334 e. The molecule has 0 spiro atoms. The van der Waals surface area contributed by atoms with Gasteiger partial charge in [0.05, 0.1) is 0 Å². The van der Waals surface area contributed by atoms with E-state index in [4.69, 9.17) is 0 Å². The highest BCUT2D eigenvalue weighted by molar-refractivity contribution is 5.83. The van der Waals surface area contributed by atoms with Gasteiger partial charge in [-0.25, -0.2) is 4.79 Å². The summed E-state index contributed by atoms with van der Waals surface area (Å²) >= 11 is 0. The summed E-state index contributed by atoms with van der Waals surface area (Å²) in [6.45, 7) is 1.90. The average molecular weight is 235 g/mol. The summed E-state index contributed by atoms with van der Waals surface area (Å²) in [6, 6.07) is 8.86. The molecular formula is C13H17NO3. The van der Waals surface area contributed by atoms with Crippen LogP contribution in [0.4, 0.5) is 0 Å². The molecule has 1 amide bonds. The highest BCUT2D eigenvalue weighted by atomic mass is 16.4. The minimum absolute atomic E-state index is 0.390. The normalized spacial score (nSPS) is 13.8. The van der Waals surface area contributed by atoms with Gasteiger partial charge in [-0.2, -0.15) is 0 Å². The number of hydrogen-bond donors (Lipinski definition) is 1. The molecule has 0 heterocycles. The first-order valence-electron chi connectivity index (χ1n) is 5.56. The van der Waals surface area contributed by atoms with Crippen LogP contribution in [0.3, 0.4) is 0 Å². The van der Waals surface area contributed by atoms with Crippen molar-refractivity contribution in [2.75, 3.05) is 7.05 Å². The van der Waals surface area contributed by atoms with Crippen LogP contribution in [-0.4, -0.2) is 29.4 Å². The number of rotatable bonds is 6. The molecule has 0 aromatic heterocycles. The van der Waals surface area contributed by atoms with Gasteiger partial charge in [0, 0.05) is 7.05 Å². The molecule has 0 saturated heterocycles. The number of carboxylic acid groups (broad SMARTS) is 1. The lowest BCUT2D eigenvalue weighted by atomic mass is 9.84. The van der Waals surface area contributed by atoms with Crippen LogP contribution in [0.15, 0.2) is 30.3 Å². The molecule has 4 heteroatoms. The SMILES string of the molecule is CCCC(C(=O)O)(c1ccccc1)N(C)C=O. The lowest BCUT2D eigenvalue weighted by Gasteiger charge is -2.36. The molecule has 0 radical (unpaired) electrons. The van der Waals surface area contributed by atoms with E-state index in [0.29, 0.717) is 24.8 Å². The fraction of sp³-hybridized carbons (Fsp3) is 0.385. The molecule has 0 aliphatic carbocycles. The van der Waals surface area contributed by atoms with E-state index in [1.54, 1.807) is 24.3 Å². The van der Waals surface area contributed by atoms with Gasteiger partial charge in [-0.3, -0.25) is 4.79 Å². The number of hydrogen-bond acceptors (Lipinski definition) is 2. The largest absolute Gasteiger partial charge is 0.479 e. The highest BCUT2D eigenvalue weighted by Crippen LogP contribution is 2.32. The summed E-state index contributed by atoms with van der Waals surface area (Å²) < 4.78 is 0. The molecule has 1 unspecified atom stereocenters. The summed E-state index contributed by atoms with van der Waals surface area (Å²) in [5.74, 6) is -1.000. The number of carbonyl (C=O) groups excluding carboxylic acids is 1. The molecule has 1 rings (SSSR count). The van der Waals surface area contributed by atoms with Crippen molar-refractivity contribution in [1.29, 1.82) is 0 Å². The third kappa shape index (κ3) is 2.30. The van der Waals surface area contributed by atoms with Crippen molar-refractivity contribution in [2.45, 2.75) is 25.3 Å². The molecule has 0 aliphatic rings. The average Bonchev–Trinajstić information content (AvgIpc) is 2.35. The van der Waals surface area contributed by atoms with Crippen molar-refractivity contribution in [2.24, 2.45) is 0 Å². The molecular weight excluding hydrogens is 218 g/mol. The molecule has 1 N–H and O–H groups in total. The second-order valence-electron chi connectivity index (χ2n) is 4.00. The molecule has 4 nitrogen and oxygen atoms in total. The van der Waals surface area contributed by atoms with Crippen molar-refractivity contribution in [1.82, 2.24) is 4.90 Å². The van der Waals surface area contributed by atoms with E-state index in [1.807, 2.05) is 13.0 Å². The van der Waals surface area contributed by atoms with Crippen molar-refractivity contribution in [3.8, 4) is 0 Å². The zero-order chi connectivity index (χ0) is 12.9. The first-order valence-corrected chi connectivity index (χ1v) is 5.56. The zero-order valence-corrected chi connectivity index (χ0v) is 10.1. The molecule has 0 aliphatic heterocycles. The van der Waals surface area contributed by atoms with Crippen LogP contribution in [-0.2, 0) is 15.1 Å². The van der Waals surface area contributed by atoms with E-state index < -0.39 is 11.5 Å². The minimum atomic E-state index is -1.27. The van der Waals surface area contributed by atoms with Crippen LogP contribution in [0, 0.1) is 0 Å². The summed E-state index contributed by atoms with van der Waals surface area (Å²) in [5, 5.41) is 9.51. The van der Waals surface area contributed by atoms with Gasteiger partial charge in [0.15, 0.2) is 5.54 Å². The van der Waals surface area contributed by atoms with Crippen molar-refractivity contribution >= 4 is 12.4 Å². The summed E-state index contributed by atoms with van der Waals surface area (Å²) in [7, 11) is 1.50. The first kappa shape index (κ1) is 13.2. The highest BCUT2D eigenvalue weighted by Gasteiger charge is 2.43. The van der Waals surface area contributed by atoms with E-state index >= 15 is 0 Å². The second kappa shape index (κ2) is 5.48. The van der Waals surface area contributed by atoms with E-state index in [1.165, 1.54) is 11.9 Å². The Kier molecular flexibility index (Phi) is 4.26. The second-order valence-corrected chi connectivity index (χ2v) is 4.00. The Labute approximate surface area is 101 Å². The Bertz CT molecular complexity index is 391. The van der Waals surface area contributed by atoms with Crippen LogP contribution in [0.1, 0.15) is 25.3 Å². The topological polar surface area (TPSA) is 57.6 Å². The van der Waals surface area contributed by atoms with Gasteiger partial charge >= 0.3 is 5.97 Å². The third-order valence-electron chi connectivity index (χ3n) is 2.98. The van der Waals surface area contributed by atoms with Crippen molar-refractivity contribution in [3.63, 3.8) is 0 Å².